The Kier molecular flexibility index (Phi) is 7.72. The van der Waals surface area contributed by atoms with Crippen LogP contribution in [-0.4, -0.2) is 48.4 Å². The molecule has 1 saturated heterocycles. The third kappa shape index (κ3) is 5.97. The number of hydrogen-bond acceptors (Lipinski definition) is 6. The molecule has 174 valence electrons. The van der Waals surface area contributed by atoms with Crippen LogP contribution in [0.15, 0.2) is 61.2 Å². The number of benzene rings is 2. The predicted molar refractivity (Wildman–Crippen MR) is 126 cm³/mol. The molecule has 1 amide bonds. The van der Waals surface area contributed by atoms with Crippen molar-refractivity contribution in [3.05, 3.63) is 76.8 Å². The van der Waals surface area contributed by atoms with Crippen LogP contribution in [0.1, 0.15) is 5.56 Å². The van der Waals surface area contributed by atoms with E-state index in [-0.39, 0.29) is 6.10 Å². The molecule has 2 heterocycles. The second-order valence-electron chi connectivity index (χ2n) is 7.50. The van der Waals surface area contributed by atoms with E-state index in [1.807, 2.05) is 41.1 Å². The first-order valence-electron chi connectivity index (χ1n) is 10.4. The standard InChI is InChI=1S/C23H24Cl2N4O4/c24-17-1-6-21(22(25)11-17)23(14-29-10-9-26-15-29)32-13-20(33-23)12-31-19-4-2-18(3-5-19)28-8-7-27-16-30/h1-6,9-11,15-16,20,28H,7-8,12-14H2,(H,27,30)/t20-,23-/m1/s1. The van der Waals surface area contributed by atoms with Crippen molar-refractivity contribution < 1.29 is 19.0 Å². The molecule has 0 bridgehead atoms. The molecule has 33 heavy (non-hydrogen) atoms. The van der Waals surface area contributed by atoms with Crippen LogP contribution in [-0.2, 0) is 26.6 Å². The Balaban J connectivity index is 1.39. The van der Waals surface area contributed by atoms with Crippen LogP contribution in [0.2, 0.25) is 10.0 Å². The number of nitrogens with zero attached hydrogens (tertiary/aromatic N) is 2. The molecule has 0 saturated carbocycles. The molecule has 8 nitrogen and oxygen atoms in total. The molecule has 1 aliphatic heterocycles. The number of imidazole rings is 1. The molecule has 2 atom stereocenters. The second-order valence-corrected chi connectivity index (χ2v) is 8.34. The van der Waals surface area contributed by atoms with Crippen LogP contribution in [0.3, 0.4) is 0 Å². The number of carbonyl (C=O) groups is 1. The van der Waals surface area contributed by atoms with Gasteiger partial charge in [-0.15, -0.1) is 0 Å². The molecular formula is C23H24Cl2N4O4. The van der Waals surface area contributed by atoms with Crippen molar-refractivity contribution in [3.63, 3.8) is 0 Å². The Morgan fingerprint density at radius 2 is 2.06 bits per heavy atom. The smallest absolute Gasteiger partial charge is 0.215 e. The summed E-state index contributed by atoms with van der Waals surface area (Å²) in [5.74, 6) is -0.369. The minimum absolute atomic E-state index is 0.299. The first-order chi connectivity index (χ1) is 16.1. The first-order valence-corrected chi connectivity index (χ1v) is 11.2. The lowest BCUT2D eigenvalue weighted by atomic mass is 10.1. The average Bonchev–Trinajstić information content (AvgIpc) is 3.47. The van der Waals surface area contributed by atoms with E-state index in [0.29, 0.717) is 60.6 Å². The van der Waals surface area contributed by atoms with Crippen molar-refractivity contribution in [1.29, 1.82) is 0 Å². The van der Waals surface area contributed by atoms with E-state index >= 15 is 0 Å². The summed E-state index contributed by atoms with van der Waals surface area (Å²) >= 11 is 12.6. The maximum Gasteiger partial charge on any atom is 0.215 e. The highest BCUT2D eigenvalue weighted by atomic mass is 35.5. The molecule has 0 aliphatic carbocycles. The Morgan fingerprint density at radius 1 is 1.21 bits per heavy atom. The molecule has 4 rings (SSSR count). The van der Waals surface area contributed by atoms with Gasteiger partial charge in [0.05, 0.1) is 24.5 Å². The van der Waals surface area contributed by atoms with Gasteiger partial charge in [0, 0.05) is 41.8 Å². The minimum atomic E-state index is -1.08. The molecule has 1 fully saturated rings. The Morgan fingerprint density at radius 3 is 2.79 bits per heavy atom. The SMILES string of the molecule is O=CNCCNc1ccc(OC[C@@H]2CO[C@@](Cn3ccnc3)(c3ccc(Cl)cc3Cl)O2)cc1. The molecule has 10 heteroatoms. The lowest BCUT2D eigenvalue weighted by Gasteiger charge is -2.30. The second kappa shape index (κ2) is 10.9. The summed E-state index contributed by atoms with van der Waals surface area (Å²) < 4.78 is 20.4. The Bertz CT molecular complexity index is 1050. The fourth-order valence-electron chi connectivity index (χ4n) is 3.57. The fraction of sp³-hybridized carbons (Fsp3) is 0.304. The van der Waals surface area contributed by atoms with Gasteiger partial charge in [0.2, 0.25) is 12.2 Å². The van der Waals surface area contributed by atoms with Gasteiger partial charge >= 0.3 is 0 Å². The molecule has 1 aromatic heterocycles. The zero-order valence-electron chi connectivity index (χ0n) is 17.7. The van der Waals surface area contributed by atoms with Gasteiger partial charge in [0.25, 0.3) is 0 Å². The number of carbonyl (C=O) groups excluding carboxylic acids is 1. The van der Waals surface area contributed by atoms with Gasteiger partial charge in [-0.1, -0.05) is 29.3 Å². The van der Waals surface area contributed by atoms with Crippen molar-refractivity contribution in [2.24, 2.45) is 0 Å². The summed E-state index contributed by atoms with van der Waals surface area (Å²) in [6.45, 7) is 2.23. The molecule has 1 aliphatic rings. The first kappa shape index (κ1) is 23.4. The van der Waals surface area contributed by atoms with Gasteiger partial charge < -0.3 is 29.4 Å². The van der Waals surface area contributed by atoms with Crippen LogP contribution in [0, 0.1) is 0 Å². The van der Waals surface area contributed by atoms with Crippen LogP contribution >= 0.6 is 23.2 Å². The summed E-state index contributed by atoms with van der Waals surface area (Å²) in [5.41, 5.74) is 1.64. The zero-order valence-corrected chi connectivity index (χ0v) is 19.3. The molecule has 2 N–H and O–H groups in total. The third-order valence-corrected chi connectivity index (χ3v) is 5.67. The number of hydrogen-bond donors (Lipinski definition) is 2. The van der Waals surface area contributed by atoms with E-state index in [1.165, 1.54) is 0 Å². The number of rotatable bonds is 11. The zero-order chi connectivity index (χ0) is 23.1. The highest BCUT2D eigenvalue weighted by Gasteiger charge is 2.45. The fourth-order valence-corrected chi connectivity index (χ4v) is 4.12. The number of halogens is 2. The Labute approximate surface area is 201 Å². The lowest BCUT2D eigenvalue weighted by Crippen LogP contribution is -2.34. The summed E-state index contributed by atoms with van der Waals surface area (Å²) in [6, 6.07) is 12.8. The van der Waals surface area contributed by atoms with E-state index in [0.717, 1.165) is 5.69 Å². The van der Waals surface area contributed by atoms with Gasteiger partial charge in [0.1, 0.15) is 18.5 Å². The van der Waals surface area contributed by atoms with Gasteiger partial charge in [0.15, 0.2) is 0 Å². The number of ether oxygens (including phenoxy) is 3. The largest absolute Gasteiger partial charge is 0.491 e. The van der Waals surface area contributed by atoms with E-state index in [2.05, 4.69) is 15.6 Å². The molecule has 3 aromatic rings. The van der Waals surface area contributed by atoms with E-state index in [9.17, 15) is 4.79 Å². The van der Waals surface area contributed by atoms with Gasteiger partial charge in [-0.05, 0) is 36.4 Å². The maximum atomic E-state index is 10.3. The highest BCUT2D eigenvalue weighted by molar-refractivity contribution is 6.35. The number of anilines is 1. The summed E-state index contributed by atoms with van der Waals surface area (Å²) in [5, 5.41) is 6.83. The Hall–Kier alpha value is -2.78. The summed E-state index contributed by atoms with van der Waals surface area (Å²) in [7, 11) is 0. The number of amides is 1. The number of nitrogens with one attached hydrogen (secondary N) is 2. The minimum Gasteiger partial charge on any atom is -0.491 e. The molecule has 0 spiro atoms. The van der Waals surface area contributed by atoms with Crippen molar-refractivity contribution in [1.82, 2.24) is 14.9 Å². The monoisotopic (exact) mass is 490 g/mol. The quantitative estimate of drug-likeness (QED) is 0.314. The van der Waals surface area contributed by atoms with E-state index in [1.54, 1.807) is 24.7 Å². The van der Waals surface area contributed by atoms with Crippen LogP contribution in [0.5, 0.6) is 5.75 Å². The number of aromatic nitrogens is 2. The van der Waals surface area contributed by atoms with Crippen LogP contribution < -0.4 is 15.4 Å². The van der Waals surface area contributed by atoms with E-state index < -0.39 is 5.79 Å². The van der Waals surface area contributed by atoms with Gasteiger partial charge in [-0.3, -0.25) is 4.79 Å². The highest BCUT2D eigenvalue weighted by Crippen LogP contribution is 2.40. The summed E-state index contributed by atoms with van der Waals surface area (Å²) in [4.78, 5) is 14.4. The average molecular weight is 491 g/mol. The van der Waals surface area contributed by atoms with Crippen molar-refractivity contribution in [3.8, 4) is 5.75 Å². The molecule has 2 aromatic carbocycles. The lowest BCUT2D eigenvalue weighted by molar-refractivity contribution is -0.189. The van der Waals surface area contributed by atoms with Crippen LogP contribution in [0.4, 0.5) is 5.69 Å². The molecule has 0 unspecified atom stereocenters. The summed E-state index contributed by atoms with van der Waals surface area (Å²) in [6.07, 6.45) is 5.62. The van der Waals surface area contributed by atoms with Crippen molar-refractivity contribution in [2.75, 3.05) is 31.6 Å². The predicted octanol–water partition coefficient (Wildman–Crippen LogP) is 3.70. The van der Waals surface area contributed by atoms with Crippen molar-refractivity contribution in [2.45, 2.75) is 18.4 Å². The molecule has 0 radical (unpaired) electrons. The van der Waals surface area contributed by atoms with Gasteiger partial charge in [-0.25, -0.2) is 4.98 Å². The molecular weight excluding hydrogens is 467 g/mol. The maximum absolute atomic E-state index is 10.3. The van der Waals surface area contributed by atoms with Crippen LogP contribution in [0.25, 0.3) is 0 Å². The topological polar surface area (TPSA) is 86.6 Å². The normalized spacial score (nSPS) is 19.9. The third-order valence-electron chi connectivity index (χ3n) is 5.12. The van der Waals surface area contributed by atoms with Crippen molar-refractivity contribution >= 4 is 35.3 Å². The van der Waals surface area contributed by atoms with Gasteiger partial charge in [-0.2, -0.15) is 0 Å². The van der Waals surface area contributed by atoms with E-state index in [4.69, 9.17) is 37.4 Å².